The van der Waals surface area contributed by atoms with Gasteiger partial charge in [0.15, 0.2) is 0 Å². The summed E-state index contributed by atoms with van der Waals surface area (Å²) in [5.74, 6) is 0.500. The van der Waals surface area contributed by atoms with E-state index in [4.69, 9.17) is 9.47 Å². The van der Waals surface area contributed by atoms with Crippen molar-refractivity contribution < 1.29 is 19.1 Å². The van der Waals surface area contributed by atoms with Gasteiger partial charge in [-0.2, -0.15) is 0 Å². The van der Waals surface area contributed by atoms with Crippen molar-refractivity contribution in [2.24, 2.45) is 5.92 Å². The van der Waals surface area contributed by atoms with Crippen LogP contribution in [-0.2, 0) is 16.1 Å². The zero-order valence-corrected chi connectivity index (χ0v) is 16.9. The molecule has 1 saturated heterocycles. The summed E-state index contributed by atoms with van der Waals surface area (Å²) in [4.78, 5) is 24.1. The fourth-order valence-electron chi connectivity index (χ4n) is 2.94. The number of hydrogen-bond donors (Lipinski definition) is 2. The number of nitrogens with one attached hydrogen (secondary N) is 2. The van der Waals surface area contributed by atoms with Gasteiger partial charge in [0.25, 0.3) is 5.91 Å². The summed E-state index contributed by atoms with van der Waals surface area (Å²) < 4.78 is 11.3. The number of carbonyl (C=O) groups excluding carboxylic acids is 2. The molecule has 0 spiro atoms. The number of benzene rings is 2. The first-order valence-corrected chi connectivity index (χ1v) is 10.0. The minimum Gasteiger partial charge on any atom is -0.491 e. The maximum atomic E-state index is 12.4. The molecule has 1 heterocycles. The van der Waals surface area contributed by atoms with Gasteiger partial charge < -0.3 is 20.1 Å². The predicted octanol–water partition coefficient (Wildman–Crippen LogP) is 3.77. The Balaban J connectivity index is 1.45. The van der Waals surface area contributed by atoms with E-state index in [0.29, 0.717) is 18.7 Å². The van der Waals surface area contributed by atoms with Gasteiger partial charge in [-0.25, -0.2) is 0 Å². The lowest BCUT2D eigenvalue weighted by Gasteiger charge is -2.12. The Kier molecular flexibility index (Phi) is 7.25. The average molecular weight is 396 g/mol. The summed E-state index contributed by atoms with van der Waals surface area (Å²) in [5.41, 5.74) is 2.28. The first kappa shape index (κ1) is 20.9. The van der Waals surface area contributed by atoms with E-state index in [1.54, 1.807) is 24.3 Å². The van der Waals surface area contributed by atoms with Crippen molar-refractivity contribution in [1.29, 1.82) is 0 Å². The third-order valence-electron chi connectivity index (χ3n) is 4.78. The summed E-state index contributed by atoms with van der Waals surface area (Å²) in [6.45, 7) is 5.46. The zero-order valence-electron chi connectivity index (χ0n) is 16.9. The Morgan fingerprint density at radius 3 is 2.45 bits per heavy atom. The van der Waals surface area contributed by atoms with Gasteiger partial charge in [-0.15, -0.1) is 0 Å². The van der Waals surface area contributed by atoms with Gasteiger partial charge in [-0.1, -0.05) is 26.0 Å². The Morgan fingerprint density at radius 2 is 1.83 bits per heavy atom. The van der Waals surface area contributed by atoms with Crippen molar-refractivity contribution in [1.82, 2.24) is 5.32 Å². The second-order valence-corrected chi connectivity index (χ2v) is 7.49. The van der Waals surface area contributed by atoms with Gasteiger partial charge in [0.1, 0.15) is 12.4 Å². The Hall–Kier alpha value is -2.86. The van der Waals surface area contributed by atoms with E-state index in [1.807, 2.05) is 38.1 Å². The third-order valence-corrected chi connectivity index (χ3v) is 4.78. The molecule has 0 aliphatic carbocycles. The van der Waals surface area contributed by atoms with E-state index in [1.165, 1.54) is 0 Å². The molecule has 0 saturated carbocycles. The number of carbonyl (C=O) groups is 2. The molecular weight excluding hydrogens is 368 g/mol. The molecule has 0 aromatic heterocycles. The van der Waals surface area contributed by atoms with E-state index in [-0.39, 0.29) is 23.8 Å². The summed E-state index contributed by atoms with van der Waals surface area (Å²) in [6.07, 6.45) is 2.29. The molecule has 3 rings (SSSR count). The minimum atomic E-state index is -0.145. The maximum Gasteiger partial charge on any atom is 0.251 e. The van der Waals surface area contributed by atoms with Crippen molar-refractivity contribution in [3.63, 3.8) is 0 Å². The molecule has 2 aromatic carbocycles. The molecule has 1 aliphatic rings. The molecule has 1 unspecified atom stereocenters. The van der Waals surface area contributed by atoms with Gasteiger partial charge in [-0.3, -0.25) is 9.59 Å². The van der Waals surface area contributed by atoms with Crippen LogP contribution in [0.4, 0.5) is 5.69 Å². The van der Waals surface area contributed by atoms with E-state index < -0.39 is 0 Å². The first-order chi connectivity index (χ1) is 14.0. The van der Waals surface area contributed by atoms with Crippen LogP contribution in [0.2, 0.25) is 0 Å². The second kappa shape index (κ2) is 10.1. The largest absolute Gasteiger partial charge is 0.491 e. The lowest BCUT2D eigenvalue weighted by atomic mass is 10.1. The monoisotopic (exact) mass is 396 g/mol. The third kappa shape index (κ3) is 6.32. The molecular formula is C23H28N2O4. The average Bonchev–Trinajstić information content (AvgIpc) is 3.25. The summed E-state index contributed by atoms with van der Waals surface area (Å²) >= 11 is 0. The van der Waals surface area contributed by atoms with E-state index in [0.717, 1.165) is 36.4 Å². The molecule has 154 valence electrons. The van der Waals surface area contributed by atoms with Crippen LogP contribution in [0.3, 0.4) is 0 Å². The lowest BCUT2D eigenvalue weighted by Crippen LogP contribution is -2.23. The molecule has 1 aliphatic heterocycles. The molecule has 2 N–H and O–H groups in total. The summed E-state index contributed by atoms with van der Waals surface area (Å²) in [6, 6.07) is 14.6. The van der Waals surface area contributed by atoms with E-state index >= 15 is 0 Å². The topological polar surface area (TPSA) is 76.7 Å². The highest BCUT2D eigenvalue weighted by molar-refractivity contribution is 5.94. The number of anilines is 1. The van der Waals surface area contributed by atoms with Crippen molar-refractivity contribution in [3.8, 4) is 5.75 Å². The van der Waals surface area contributed by atoms with Gasteiger partial charge in [0.2, 0.25) is 5.91 Å². The van der Waals surface area contributed by atoms with E-state index in [9.17, 15) is 9.59 Å². The van der Waals surface area contributed by atoms with Crippen LogP contribution < -0.4 is 15.4 Å². The molecule has 0 bridgehead atoms. The molecule has 1 atom stereocenters. The van der Waals surface area contributed by atoms with Crippen LogP contribution >= 0.6 is 0 Å². The zero-order chi connectivity index (χ0) is 20.6. The van der Waals surface area contributed by atoms with Crippen LogP contribution in [0.5, 0.6) is 5.75 Å². The number of ether oxygens (including phenoxy) is 2. The van der Waals surface area contributed by atoms with Crippen molar-refractivity contribution in [2.45, 2.75) is 39.3 Å². The quantitative estimate of drug-likeness (QED) is 0.712. The lowest BCUT2D eigenvalue weighted by molar-refractivity contribution is -0.118. The molecule has 29 heavy (non-hydrogen) atoms. The van der Waals surface area contributed by atoms with Gasteiger partial charge in [-0.05, 0) is 54.8 Å². The smallest absolute Gasteiger partial charge is 0.251 e. The van der Waals surface area contributed by atoms with E-state index in [2.05, 4.69) is 10.6 Å². The second-order valence-electron chi connectivity index (χ2n) is 7.49. The Labute approximate surface area is 171 Å². The standard InChI is InChI=1S/C23H28N2O4/c1-16(2)22(26)25-19-9-5-17(6-10-19)14-24-23(27)18-7-11-20(12-8-18)29-15-21-4-3-13-28-21/h5-12,16,21H,3-4,13-15H2,1-2H3,(H,24,27)(H,25,26). The van der Waals surface area contributed by atoms with Crippen molar-refractivity contribution >= 4 is 17.5 Å². The maximum absolute atomic E-state index is 12.4. The fourth-order valence-corrected chi connectivity index (χ4v) is 2.94. The van der Waals surface area contributed by atoms with Crippen LogP contribution in [0, 0.1) is 5.92 Å². The number of rotatable bonds is 8. The summed E-state index contributed by atoms with van der Waals surface area (Å²) in [7, 11) is 0. The highest BCUT2D eigenvalue weighted by atomic mass is 16.5. The predicted molar refractivity (Wildman–Crippen MR) is 112 cm³/mol. The molecule has 6 nitrogen and oxygen atoms in total. The first-order valence-electron chi connectivity index (χ1n) is 10.0. The van der Waals surface area contributed by atoms with Gasteiger partial charge in [0, 0.05) is 30.3 Å². The van der Waals surface area contributed by atoms with Crippen LogP contribution in [0.1, 0.15) is 42.6 Å². The SMILES string of the molecule is CC(C)C(=O)Nc1ccc(CNC(=O)c2ccc(OCC3CCCO3)cc2)cc1. The number of hydrogen-bond acceptors (Lipinski definition) is 4. The fraction of sp³-hybridized carbons (Fsp3) is 0.391. The Morgan fingerprint density at radius 1 is 1.10 bits per heavy atom. The molecule has 2 amide bonds. The molecule has 2 aromatic rings. The molecule has 1 fully saturated rings. The molecule has 6 heteroatoms. The highest BCUT2D eigenvalue weighted by Gasteiger charge is 2.16. The van der Waals surface area contributed by atoms with Crippen LogP contribution in [-0.4, -0.2) is 31.1 Å². The van der Waals surface area contributed by atoms with Crippen LogP contribution in [0.25, 0.3) is 0 Å². The van der Waals surface area contributed by atoms with Crippen LogP contribution in [0.15, 0.2) is 48.5 Å². The van der Waals surface area contributed by atoms with Crippen molar-refractivity contribution in [3.05, 3.63) is 59.7 Å². The minimum absolute atomic E-state index is 0.0192. The normalized spacial score (nSPS) is 15.9. The Bertz CT molecular complexity index is 810. The van der Waals surface area contributed by atoms with Gasteiger partial charge in [0.05, 0.1) is 6.10 Å². The summed E-state index contributed by atoms with van der Waals surface area (Å²) in [5, 5.41) is 5.75. The molecule has 0 radical (unpaired) electrons. The van der Waals surface area contributed by atoms with Gasteiger partial charge >= 0.3 is 0 Å². The highest BCUT2D eigenvalue weighted by Crippen LogP contribution is 2.17. The van der Waals surface area contributed by atoms with Crippen molar-refractivity contribution in [2.75, 3.05) is 18.5 Å². The number of amides is 2.